The Labute approximate surface area is 285 Å². The number of amides is 1. The Bertz CT molecular complexity index is 1410. The zero-order valence-corrected chi connectivity index (χ0v) is 30.5. The molecule has 0 heterocycles. The molecule has 5 heteroatoms. The summed E-state index contributed by atoms with van der Waals surface area (Å²) >= 11 is 0. The Balaban J connectivity index is 1.28. The third kappa shape index (κ3) is 5.46. The normalized spacial score (nSPS) is 38.8. The van der Waals surface area contributed by atoms with Crippen molar-refractivity contribution in [2.24, 2.45) is 50.7 Å². The second-order valence-corrected chi connectivity index (χ2v) is 18.1. The minimum absolute atomic E-state index is 0.119. The molecule has 6 rings (SSSR count). The summed E-state index contributed by atoms with van der Waals surface area (Å²) in [6, 6.07) is 9.03. The second kappa shape index (κ2) is 12.2. The van der Waals surface area contributed by atoms with Crippen molar-refractivity contribution < 1.29 is 14.7 Å². The third-order valence-electron chi connectivity index (χ3n) is 15.6. The summed E-state index contributed by atoms with van der Waals surface area (Å²) < 4.78 is 0. The summed E-state index contributed by atoms with van der Waals surface area (Å²) in [4.78, 5) is 28.9. The van der Waals surface area contributed by atoms with E-state index in [1.165, 1.54) is 80.9 Å². The standard InChI is InChI=1S/C42H62N2O3/c1-9-29-12-14-30(15-13-29)31-18-21-39(4)34(38(31,2)3)19-22-41(6)35(39)17-16-32-33-11-10-20-42(33,24-23-40(32,41)5)28-44(26-25-43(7)8)36(45)27-37(46)47/h9,12-15,18,32-35H,1,10-11,16-17,19-28H2,2-8H3,(H,46,47)/t32?,33-,34?,35?,39?,40-,41?,42?/m1/s1. The van der Waals surface area contributed by atoms with Gasteiger partial charge in [-0.2, -0.15) is 0 Å². The molecule has 5 aliphatic carbocycles. The van der Waals surface area contributed by atoms with Gasteiger partial charge in [0.25, 0.3) is 0 Å². The topological polar surface area (TPSA) is 60.9 Å². The molecule has 0 radical (unpaired) electrons. The van der Waals surface area contributed by atoms with E-state index in [2.05, 4.69) is 76.4 Å². The number of benzene rings is 1. The molecule has 258 valence electrons. The predicted molar refractivity (Wildman–Crippen MR) is 193 cm³/mol. The SMILES string of the molecule is C=Cc1ccc(C2=CCC3(C)C(CCC4(C)C3CCC3[C@H]5CCCC5(CN(CCN(C)C)C(=O)CC(=O)O)CC[C@]34C)C2(C)C)cc1. The van der Waals surface area contributed by atoms with Crippen LogP contribution in [0.2, 0.25) is 0 Å². The number of rotatable bonds is 9. The van der Waals surface area contributed by atoms with Crippen LogP contribution in [0.15, 0.2) is 36.9 Å². The van der Waals surface area contributed by atoms with Gasteiger partial charge in [0.15, 0.2) is 0 Å². The van der Waals surface area contributed by atoms with Crippen LogP contribution in [0.5, 0.6) is 0 Å². The highest BCUT2D eigenvalue weighted by atomic mass is 16.4. The van der Waals surface area contributed by atoms with Crippen LogP contribution >= 0.6 is 0 Å². The average Bonchev–Trinajstić information content (AvgIpc) is 3.43. The molecule has 5 nitrogen and oxygen atoms in total. The number of nitrogens with zero attached hydrogens (tertiary/aromatic N) is 2. The first-order chi connectivity index (χ1) is 22.1. The molecule has 0 aliphatic heterocycles. The monoisotopic (exact) mass is 642 g/mol. The van der Waals surface area contributed by atoms with Crippen molar-refractivity contribution in [1.82, 2.24) is 9.80 Å². The Morgan fingerprint density at radius 3 is 2.26 bits per heavy atom. The molecule has 0 bridgehead atoms. The molecule has 1 aromatic rings. The highest BCUT2D eigenvalue weighted by Crippen LogP contribution is 2.77. The van der Waals surface area contributed by atoms with Gasteiger partial charge in [-0.15, -0.1) is 0 Å². The first-order valence-electron chi connectivity index (χ1n) is 18.7. The third-order valence-corrected chi connectivity index (χ3v) is 15.6. The zero-order valence-electron chi connectivity index (χ0n) is 30.5. The van der Waals surface area contributed by atoms with Gasteiger partial charge in [-0.3, -0.25) is 9.59 Å². The van der Waals surface area contributed by atoms with E-state index in [0.29, 0.717) is 35.6 Å². The lowest BCUT2D eigenvalue weighted by molar-refractivity contribution is -0.224. The number of fused-ring (bicyclic) bond motifs is 7. The van der Waals surface area contributed by atoms with Crippen molar-refractivity contribution in [2.45, 2.75) is 105 Å². The first kappa shape index (κ1) is 34.5. The fourth-order valence-corrected chi connectivity index (χ4v) is 13.1. The van der Waals surface area contributed by atoms with Gasteiger partial charge in [0.2, 0.25) is 5.91 Å². The Morgan fingerprint density at radius 2 is 1.60 bits per heavy atom. The van der Waals surface area contributed by atoms with Crippen molar-refractivity contribution in [1.29, 1.82) is 0 Å². The molecule has 47 heavy (non-hydrogen) atoms. The molecule has 4 fully saturated rings. The van der Waals surface area contributed by atoms with Crippen LogP contribution in [0.25, 0.3) is 11.6 Å². The summed E-state index contributed by atoms with van der Waals surface area (Å²) in [7, 11) is 4.06. The van der Waals surface area contributed by atoms with Gasteiger partial charge >= 0.3 is 5.97 Å². The molecule has 4 saturated carbocycles. The summed E-state index contributed by atoms with van der Waals surface area (Å²) in [5.74, 6) is 1.44. The van der Waals surface area contributed by atoms with Gasteiger partial charge in [-0.05, 0) is 139 Å². The number of carboxylic acid groups (broad SMARTS) is 1. The van der Waals surface area contributed by atoms with Crippen LogP contribution in [0.3, 0.4) is 0 Å². The molecule has 0 aromatic heterocycles. The maximum absolute atomic E-state index is 13.3. The summed E-state index contributed by atoms with van der Waals surface area (Å²) in [5, 5.41) is 9.49. The molecule has 0 saturated heterocycles. The van der Waals surface area contributed by atoms with Crippen molar-refractivity contribution in [3.8, 4) is 0 Å². The largest absolute Gasteiger partial charge is 0.481 e. The Kier molecular flexibility index (Phi) is 8.93. The number of hydrogen-bond acceptors (Lipinski definition) is 3. The molecule has 8 atom stereocenters. The lowest BCUT2D eigenvalue weighted by atomic mass is 9.32. The molecular formula is C42H62N2O3. The fraction of sp³-hybridized carbons (Fsp3) is 0.714. The van der Waals surface area contributed by atoms with Crippen LogP contribution in [0, 0.1) is 50.7 Å². The molecule has 0 spiro atoms. The van der Waals surface area contributed by atoms with Crippen LogP contribution in [0.1, 0.15) is 116 Å². The van der Waals surface area contributed by atoms with E-state index in [1.54, 1.807) is 0 Å². The number of hydrogen-bond donors (Lipinski definition) is 1. The first-order valence-corrected chi connectivity index (χ1v) is 18.7. The number of aliphatic carboxylic acids is 1. The van der Waals surface area contributed by atoms with E-state index < -0.39 is 12.4 Å². The van der Waals surface area contributed by atoms with Crippen molar-refractivity contribution in [3.05, 3.63) is 48.0 Å². The van der Waals surface area contributed by atoms with Crippen molar-refractivity contribution >= 4 is 23.5 Å². The molecule has 6 unspecified atom stereocenters. The van der Waals surface area contributed by atoms with E-state index >= 15 is 0 Å². The smallest absolute Gasteiger partial charge is 0.312 e. The van der Waals surface area contributed by atoms with Crippen molar-refractivity contribution in [2.75, 3.05) is 33.7 Å². The molecule has 5 aliphatic rings. The Hall–Kier alpha value is -2.40. The number of carboxylic acids is 1. The Morgan fingerprint density at radius 1 is 0.872 bits per heavy atom. The quantitative estimate of drug-likeness (QED) is 0.273. The lowest BCUT2D eigenvalue weighted by Gasteiger charge is -2.72. The van der Waals surface area contributed by atoms with E-state index in [1.807, 2.05) is 25.1 Å². The predicted octanol–water partition coefficient (Wildman–Crippen LogP) is 9.04. The minimum Gasteiger partial charge on any atom is -0.481 e. The maximum atomic E-state index is 13.3. The van der Waals surface area contributed by atoms with E-state index in [4.69, 9.17) is 0 Å². The summed E-state index contributed by atoms with van der Waals surface area (Å²) in [5.41, 5.74) is 5.20. The second-order valence-electron chi connectivity index (χ2n) is 18.1. The number of carbonyl (C=O) groups is 2. The van der Waals surface area contributed by atoms with Crippen LogP contribution < -0.4 is 0 Å². The van der Waals surface area contributed by atoms with Gasteiger partial charge < -0.3 is 14.9 Å². The molecule has 1 N–H and O–H groups in total. The molecule has 1 amide bonds. The van der Waals surface area contributed by atoms with Crippen molar-refractivity contribution in [3.63, 3.8) is 0 Å². The highest BCUT2D eigenvalue weighted by molar-refractivity contribution is 5.93. The molecular weight excluding hydrogens is 580 g/mol. The number of carbonyl (C=O) groups excluding carboxylic acids is 1. The maximum Gasteiger partial charge on any atom is 0.312 e. The van der Waals surface area contributed by atoms with Gasteiger partial charge in [-0.1, -0.05) is 84.0 Å². The van der Waals surface area contributed by atoms with E-state index in [-0.39, 0.29) is 27.6 Å². The van der Waals surface area contributed by atoms with E-state index in [9.17, 15) is 14.7 Å². The van der Waals surface area contributed by atoms with E-state index in [0.717, 1.165) is 13.1 Å². The lowest BCUT2D eigenvalue weighted by Crippen LogP contribution is -2.65. The average molecular weight is 643 g/mol. The van der Waals surface area contributed by atoms with Gasteiger partial charge in [0.05, 0.1) is 0 Å². The summed E-state index contributed by atoms with van der Waals surface area (Å²) in [6.07, 6.45) is 16.6. The minimum atomic E-state index is -1.02. The zero-order chi connectivity index (χ0) is 34.0. The van der Waals surface area contributed by atoms with Crippen LogP contribution in [-0.4, -0.2) is 60.5 Å². The summed E-state index contributed by atoms with van der Waals surface area (Å²) in [6.45, 7) is 19.2. The fourth-order valence-electron chi connectivity index (χ4n) is 13.1. The number of likely N-dealkylation sites (N-methyl/N-ethyl adjacent to an activating group) is 1. The highest BCUT2D eigenvalue weighted by Gasteiger charge is 2.69. The van der Waals surface area contributed by atoms with Gasteiger partial charge in [-0.25, -0.2) is 0 Å². The van der Waals surface area contributed by atoms with Crippen LogP contribution in [0.4, 0.5) is 0 Å². The van der Waals surface area contributed by atoms with Crippen LogP contribution in [-0.2, 0) is 9.59 Å². The molecule has 1 aromatic carbocycles. The number of allylic oxidation sites excluding steroid dienone is 2. The van der Waals surface area contributed by atoms with Gasteiger partial charge in [0, 0.05) is 19.6 Å². The van der Waals surface area contributed by atoms with Gasteiger partial charge in [0.1, 0.15) is 6.42 Å².